The van der Waals surface area contributed by atoms with Crippen LogP contribution in [0.1, 0.15) is 12.6 Å². The largest absolute Gasteiger partial charge is 0.435 e. The van der Waals surface area contributed by atoms with Crippen LogP contribution in [0.25, 0.3) is 5.69 Å². The number of nitrogens with zero attached hydrogens (tertiary/aromatic N) is 2. The lowest BCUT2D eigenvalue weighted by atomic mass is 10.3. The highest BCUT2D eigenvalue weighted by molar-refractivity contribution is 7.92. The van der Waals surface area contributed by atoms with Crippen LogP contribution in [-0.4, -0.2) is 24.0 Å². The van der Waals surface area contributed by atoms with E-state index in [9.17, 15) is 21.6 Å². The maximum absolute atomic E-state index is 12.5. The lowest BCUT2D eigenvalue weighted by Crippen LogP contribution is -2.14. The van der Waals surface area contributed by atoms with Gasteiger partial charge in [-0.3, -0.25) is 4.72 Å². The second-order valence-electron chi connectivity index (χ2n) is 4.20. The average molecular weight is 319 g/mol. The number of hydrogen-bond donors (Lipinski definition) is 1. The van der Waals surface area contributed by atoms with Crippen molar-refractivity contribution in [2.45, 2.75) is 13.1 Å². The van der Waals surface area contributed by atoms with Gasteiger partial charge in [-0.25, -0.2) is 13.1 Å². The summed E-state index contributed by atoms with van der Waals surface area (Å²) in [4.78, 5) is 0. The van der Waals surface area contributed by atoms with E-state index < -0.39 is 21.9 Å². The van der Waals surface area contributed by atoms with Crippen molar-refractivity contribution in [1.29, 1.82) is 0 Å². The number of halogens is 3. The first-order valence-electron chi connectivity index (χ1n) is 5.95. The summed E-state index contributed by atoms with van der Waals surface area (Å²) < 4.78 is 63.5. The van der Waals surface area contributed by atoms with Crippen LogP contribution >= 0.6 is 0 Å². The molecule has 21 heavy (non-hydrogen) atoms. The van der Waals surface area contributed by atoms with Crippen LogP contribution in [0.4, 0.5) is 18.9 Å². The molecule has 2 rings (SSSR count). The van der Waals surface area contributed by atoms with Crippen LogP contribution < -0.4 is 4.72 Å². The Bertz CT molecular complexity index is 721. The molecule has 5 nitrogen and oxygen atoms in total. The minimum Gasteiger partial charge on any atom is -0.284 e. The molecule has 0 radical (unpaired) electrons. The lowest BCUT2D eigenvalue weighted by molar-refractivity contribution is -0.141. The van der Waals surface area contributed by atoms with E-state index in [0.717, 1.165) is 10.7 Å². The number of anilines is 1. The normalized spacial score (nSPS) is 12.4. The fourth-order valence-electron chi connectivity index (χ4n) is 1.55. The van der Waals surface area contributed by atoms with Crippen LogP contribution in [0.3, 0.4) is 0 Å². The summed E-state index contributed by atoms with van der Waals surface area (Å²) in [5.41, 5.74) is -0.257. The van der Waals surface area contributed by atoms with Crippen molar-refractivity contribution >= 4 is 15.7 Å². The van der Waals surface area contributed by atoms with E-state index in [1.807, 2.05) is 0 Å². The summed E-state index contributed by atoms with van der Waals surface area (Å²) in [7, 11) is -3.39. The molecule has 0 aliphatic carbocycles. The molecular formula is C12H12F3N3O2S. The molecule has 0 aliphatic heterocycles. The summed E-state index contributed by atoms with van der Waals surface area (Å²) >= 11 is 0. The first kappa shape index (κ1) is 15.4. The van der Waals surface area contributed by atoms with Crippen LogP contribution in [0.2, 0.25) is 0 Å². The molecule has 0 amide bonds. The van der Waals surface area contributed by atoms with E-state index in [0.29, 0.717) is 11.4 Å². The van der Waals surface area contributed by atoms with Crippen molar-refractivity contribution in [1.82, 2.24) is 9.78 Å². The van der Waals surface area contributed by atoms with Gasteiger partial charge in [0.1, 0.15) is 0 Å². The Kier molecular flexibility index (Phi) is 3.95. The predicted octanol–water partition coefficient (Wildman–Crippen LogP) is 2.65. The van der Waals surface area contributed by atoms with E-state index in [-0.39, 0.29) is 5.75 Å². The molecular weight excluding hydrogens is 307 g/mol. The number of aromatic nitrogens is 2. The van der Waals surface area contributed by atoms with Gasteiger partial charge in [0.2, 0.25) is 10.0 Å². The fraction of sp³-hybridized carbons (Fsp3) is 0.250. The molecule has 0 aliphatic rings. The molecule has 0 unspecified atom stereocenters. The molecule has 0 saturated heterocycles. The number of rotatable bonds is 4. The van der Waals surface area contributed by atoms with Gasteiger partial charge < -0.3 is 0 Å². The van der Waals surface area contributed by atoms with Gasteiger partial charge in [0.05, 0.1) is 11.4 Å². The quantitative estimate of drug-likeness (QED) is 0.942. The second kappa shape index (κ2) is 5.40. The number of benzene rings is 1. The van der Waals surface area contributed by atoms with Crippen LogP contribution in [0.15, 0.2) is 36.5 Å². The monoisotopic (exact) mass is 319 g/mol. The minimum atomic E-state index is -4.50. The van der Waals surface area contributed by atoms with Gasteiger partial charge in [-0.2, -0.15) is 18.3 Å². The molecule has 1 aromatic heterocycles. The molecule has 1 aromatic carbocycles. The average Bonchev–Trinajstić information content (AvgIpc) is 2.89. The smallest absolute Gasteiger partial charge is 0.284 e. The minimum absolute atomic E-state index is 0.0666. The van der Waals surface area contributed by atoms with E-state index in [2.05, 4.69) is 9.82 Å². The molecule has 9 heteroatoms. The summed E-state index contributed by atoms with van der Waals surface area (Å²) in [5, 5.41) is 3.43. The van der Waals surface area contributed by atoms with Gasteiger partial charge in [0, 0.05) is 11.9 Å². The van der Waals surface area contributed by atoms with E-state index in [1.165, 1.54) is 37.4 Å². The van der Waals surface area contributed by atoms with Crippen molar-refractivity contribution in [3.63, 3.8) is 0 Å². The third-order valence-electron chi connectivity index (χ3n) is 2.66. The summed E-state index contributed by atoms with van der Waals surface area (Å²) in [6.07, 6.45) is -3.31. The zero-order chi connectivity index (χ0) is 15.7. The van der Waals surface area contributed by atoms with E-state index in [1.54, 1.807) is 0 Å². The zero-order valence-corrected chi connectivity index (χ0v) is 11.7. The second-order valence-corrected chi connectivity index (χ2v) is 6.21. The summed E-state index contributed by atoms with van der Waals surface area (Å²) in [5.74, 6) is -0.0666. The third kappa shape index (κ3) is 3.75. The van der Waals surface area contributed by atoms with Gasteiger partial charge in [-0.15, -0.1) is 0 Å². The van der Waals surface area contributed by atoms with Gasteiger partial charge in [-0.1, -0.05) is 0 Å². The molecule has 0 bridgehead atoms. The molecule has 0 saturated carbocycles. The fourth-order valence-corrected chi connectivity index (χ4v) is 2.19. The predicted molar refractivity (Wildman–Crippen MR) is 71.6 cm³/mol. The van der Waals surface area contributed by atoms with Gasteiger partial charge in [0.25, 0.3) is 0 Å². The summed E-state index contributed by atoms with van der Waals surface area (Å²) in [6, 6.07) is 6.73. The van der Waals surface area contributed by atoms with Crippen LogP contribution in [-0.2, 0) is 16.2 Å². The molecule has 0 fully saturated rings. The standard InChI is InChI=1S/C12H12F3N3O2S/c1-2-21(19,20)17-9-3-5-10(6-4-9)18-8-7-11(16-18)12(13,14)15/h3-8,17H,2H2,1H3. The van der Waals surface area contributed by atoms with E-state index in [4.69, 9.17) is 0 Å². The topological polar surface area (TPSA) is 64.0 Å². The first-order valence-corrected chi connectivity index (χ1v) is 7.60. The maximum Gasteiger partial charge on any atom is 0.435 e. The third-order valence-corrected chi connectivity index (χ3v) is 3.97. The number of nitrogens with one attached hydrogen (secondary N) is 1. The highest BCUT2D eigenvalue weighted by atomic mass is 32.2. The highest BCUT2D eigenvalue weighted by Gasteiger charge is 2.33. The maximum atomic E-state index is 12.5. The van der Waals surface area contributed by atoms with E-state index >= 15 is 0 Å². The van der Waals surface area contributed by atoms with Crippen molar-refractivity contribution in [2.24, 2.45) is 0 Å². The van der Waals surface area contributed by atoms with Crippen LogP contribution in [0, 0.1) is 0 Å². The van der Waals surface area contributed by atoms with Crippen molar-refractivity contribution in [3.8, 4) is 5.69 Å². The number of sulfonamides is 1. The Morgan fingerprint density at radius 2 is 1.81 bits per heavy atom. The lowest BCUT2D eigenvalue weighted by Gasteiger charge is -2.07. The Morgan fingerprint density at radius 1 is 1.19 bits per heavy atom. The molecule has 2 aromatic rings. The Morgan fingerprint density at radius 3 is 2.29 bits per heavy atom. The Labute approximate surface area is 119 Å². The molecule has 0 atom stereocenters. The Hall–Kier alpha value is -2.03. The van der Waals surface area contributed by atoms with Gasteiger partial charge in [-0.05, 0) is 37.3 Å². The molecule has 0 spiro atoms. The summed E-state index contributed by atoms with van der Waals surface area (Å²) in [6.45, 7) is 1.50. The Balaban J connectivity index is 2.21. The van der Waals surface area contributed by atoms with Gasteiger partial charge in [0.15, 0.2) is 5.69 Å². The molecule has 1 N–H and O–H groups in total. The van der Waals surface area contributed by atoms with Crippen LogP contribution in [0.5, 0.6) is 0 Å². The number of alkyl halides is 3. The van der Waals surface area contributed by atoms with Crippen molar-refractivity contribution in [2.75, 3.05) is 10.5 Å². The molecule has 114 valence electrons. The number of hydrogen-bond acceptors (Lipinski definition) is 3. The highest BCUT2D eigenvalue weighted by Crippen LogP contribution is 2.28. The van der Waals surface area contributed by atoms with Crippen molar-refractivity contribution in [3.05, 3.63) is 42.2 Å². The molecule has 1 heterocycles. The first-order chi connectivity index (χ1) is 9.71. The van der Waals surface area contributed by atoms with Gasteiger partial charge >= 0.3 is 6.18 Å². The zero-order valence-electron chi connectivity index (χ0n) is 10.9. The van der Waals surface area contributed by atoms with Crippen molar-refractivity contribution < 1.29 is 21.6 Å². The SMILES string of the molecule is CCS(=O)(=O)Nc1ccc(-n2ccc(C(F)(F)F)n2)cc1.